The molecule has 0 atom stereocenters. The van der Waals surface area contributed by atoms with Gasteiger partial charge in [0, 0.05) is 12.1 Å². The monoisotopic (exact) mass is 332 g/mol. The Balaban J connectivity index is 1.83. The zero-order valence-electron chi connectivity index (χ0n) is 13.1. The quantitative estimate of drug-likeness (QED) is 0.614. The van der Waals surface area contributed by atoms with Crippen LogP contribution in [0.3, 0.4) is 0 Å². The van der Waals surface area contributed by atoms with Crippen molar-refractivity contribution < 1.29 is 28.7 Å². The van der Waals surface area contributed by atoms with E-state index in [4.69, 9.17) is 14.0 Å². The maximum Gasteiger partial charge on any atom is 0.331 e. The molecule has 0 radical (unpaired) electrons. The highest BCUT2D eigenvalue weighted by Gasteiger charge is 2.08. The third-order valence-corrected chi connectivity index (χ3v) is 2.86. The summed E-state index contributed by atoms with van der Waals surface area (Å²) in [6, 6.07) is 6.13. The van der Waals surface area contributed by atoms with Gasteiger partial charge in [-0.3, -0.25) is 4.79 Å². The number of ether oxygens (including phenoxy) is 2. The fourth-order valence-electron chi connectivity index (χ4n) is 1.75. The Hall–Kier alpha value is -3.29. The molecule has 0 saturated heterocycles. The van der Waals surface area contributed by atoms with E-state index in [1.807, 2.05) is 0 Å². The van der Waals surface area contributed by atoms with Gasteiger partial charge in [-0.05, 0) is 30.7 Å². The molecule has 8 heteroatoms. The van der Waals surface area contributed by atoms with Crippen molar-refractivity contribution >= 4 is 23.8 Å². The largest absolute Gasteiger partial charge is 0.504 e. The molecule has 126 valence electrons. The summed E-state index contributed by atoms with van der Waals surface area (Å²) in [6.07, 6.45) is 2.64. The second-order valence-electron chi connectivity index (χ2n) is 4.74. The number of carbonyl (C=O) groups is 2. The topological polar surface area (TPSA) is 111 Å². The third kappa shape index (κ3) is 4.87. The Morgan fingerprint density at radius 1 is 1.38 bits per heavy atom. The number of hydrogen-bond acceptors (Lipinski definition) is 7. The predicted octanol–water partition coefficient (Wildman–Crippen LogP) is 1.89. The number of anilines is 1. The van der Waals surface area contributed by atoms with E-state index < -0.39 is 18.5 Å². The standard InChI is InChI=1S/C16H16N2O6/c1-10-7-14(18-24-10)17-15(20)9-23-16(21)6-4-11-3-5-12(19)13(8-11)22-2/h3-8,19H,9H2,1-2H3,(H,17,18,20)/b6-4+. The summed E-state index contributed by atoms with van der Waals surface area (Å²) in [7, 11) is 1.42. The van der Waals surface area contributed by atoms with E-state index in [2.05, 4.69) is 10.5 Å². The molecule has 1 aromatic carbocycles. The molecule has 0 aliphatic rings. The van der Waals surface area contributed by atoms with E-state index >= 15 is 0 Å². The van der Waals surface area contributed by atoms with Gasteiger partial charge in [-0.1, -0.05) is 11.2 Å². The summed E-state index contributed by atoms with van der Waals surface area (Å²) >= 11 is 0. The van der Waals surface area contributed by atoms with E-state index in [-0.39, 0.29) is 17.3 Å². The maximum atomic E-state index is 11.6. The number of aryl methyl sites for hydroxylation is 1. The molecular formula is C16H16N2O6. The van der Waals surface area contributed by atoms with Crippen LogP contribution >= 0.6 is 0 Å². The van der Waals surface area contributed by atoms with Gasteiger partial charge in [-0.2, -0.15) is 0 Å². The van der Waals surface area contributed by atoms with Gasteiger partial charge in [0.15, 0.2) is 23.9 Å². The minimum Gasteiger partial charge on any atom is -0.504 e. The molecule has 8 nitrogen and oxygen atoms in total. The number of aromatic hydroxyl groups is 1. The van der Waals surface area contributed by atoms with Crippen LogP contribution in [0.5, 0.6) is 11.5 Å². The molecule has 0 unspecified atom stereocenters. The minimum absolute atomic E-state index is 0.00279. The number of benzene rings is 1. The fourth-order valence-corrected chi connectivity index (χ4v) is 1.75. The van der Waals surface area contributed by atoms with Crippen molar-refractivity contribution in [2.45, 2.75) is 6.92 Å². The molecular weight excluding hydrogens is 316 g/mol. The second-order valence-corrected chi connectivity index (χ2v) is 4.74. The van der Waals surface area contributed by atoms with Crippen molar-refractivity contribution in [3.8, 4) is 11.5 Å². The average Bonchev–Trinajstić information content (AvgIpc) is 2.97. The van der Waals surface area contributed by atoms with E-state index in [9.17, 15) is 14.7 Å². The molecule has 1 heterocycles. The number of rotatable bonds is 6. The molecule has 2 aromatic rings. The van der Waals surface area contributed by atoms with Gasteiger partial charge in [0.05, 0.1) is 7.11 Å². The Morgan fingerprint density at radius 3 is 2.83 bits per heavy atom. The van der Waals surface area contributed by atoms with Crippen molar-refractivity contribution in [2.24, 2.45) is 0 Å². The number of carbonyl (C=O) groups excluding carboxylic acids is 2. The predicted molar refractivity (Wildman–Crippen MR) is 84.5 cm³/mol. The van der Waals surface area contributed by atoms with Crippen molar-refractivity contribution in [3.05, 3.63) is 41.7 Å². The van der Waals surface area contributed by atoms with Crippen LogP contribution in [0.15, 0.2) is 34.9 Å². The number of aromatic nitrogens is 1. The van der Waals surface area contributed by atoms with Crippen LogP contribution in [-0.2, 0) is 14.3 Å². The summed E-state index contributed by atoms with van der Waals surface area (Å²) < 4.78 is 14.6. The van der Waals surface area contributed by atoms with Crippen LogP contribution in [0.4, 0.5) is 5.82 Å². The summed E-state index contributed by atoms with van der Waals surface area (Å²) in [5.74, 6) is -0.135. The molecule has 0 spiro atoms. The van der Waals surface area contributed by atoms with Gasteiger partial charge in [0.25, 0.3) is 5.91 Å². The highest BCUT2D eigenvalue weighted by Crippen LogP contribution is 2.26. The Bertz CT molecular complexity index is 766. The van der Waals surface area contributed by atoms with Gasteiger partial charge in [-0.15, -0.1) is 0 Å². The van der Waals surface area contributed by atoms with Gasteiger partial charge in [0.1, 0.15) is 5.76 Å². The zero-order chi connectivity index (χ0) is 17.5. The van der Waals surface area contributed by atoms with Crippen LogP contribution < -0.4 is 10.1 Å². The van der Waals surface area contributed by atoms with E-state index in [0.717, 1.165) is 0 Å². The van der Waals surface area contributed by atoms with E-state index in [1.165, 1.54) is 31.4 Å². The van der Waals surface area contributed by atoms with Crippen LogP contribution in [-0.4, -0.2) is 35.9 Å². The molecule has 0 fully saturated rings. The average molecular weight is 332 g/mol. The zero-order valence-corrected chi connectivity index (χ0v) is 13.1. The van der Waals surface area contributed by atoms with Gasteiger partial charge in [-0.25, -0.2) is 4.79 Å². The number of nitrogens with zero attached hydrogens (tertiary/aromatic N) is 1. The number of hydrogen-bond donors (Lipinski definition) is 2. The minimum atomic E-state index is -0.687. The summed E-state index contributed by atoms with van der Waals surface area (Å²) in [4.78, 5) is 23.2. The van der Waals surface area contributed by atoms with E-state index in [1.54, 1.807) is 19.1 Å². The highest BCUT2D eigenvalue weighted by molar-refractivity contribution is 5.94. The van der Waals surface area contributed by atoms with Gasteiger partial charge < -0.3 is 24.4 Å². The lowest BCUT2D eigenvalue weighted by molar-refractivity contribution is -0.142. The van der Waals surface area contributed by atoms with Crippen molar-refractivity contribution in [3.63, 3.8) is 0 Å². The maximum absolute atomic E-state index is 11.6. The first-order valence-corrected chi connectivity index (χ1v) is 6.93. The van der Waals surface area contributed by atoms with Crippen molar-refractivity contribution in [1.82, 2.24) is 5.16 Å². The van der Waals surface area contributed by atoms with Crippen LogP contribution in [0.2, 0.25) is 0 Å². The summed E-state index contributed by atoms with van der Waals surface area (Å²) in [5, 5.41) is 15.5. The van der Waals surface area contributed by atoms with Gasteiger partial charge in [0.2, 0.25) is 0 Å². The lowest BCUT2D eigenvalue weighted by atomic mass is 10.2. The van der Waals surface area contributed by atoms with Crippen molar-refractivity contribution in [2.75, 3.05) is 19.0 Å². The Labute approximate surface area is 137 Å². The molecule has 0 saturated carbocycles. The molecule has 24 heavy (non-hydrogen) atoms. The molecule has 0 aliphatic heterocycles. The summed E-state index contributed by atoms with van der Waals surface area (Å²) in [5.41, 5.74) is 0.629. The number of phenolic OH excluding ortho intramolecular Hbond substituents is 1. The van der Waals surface area contributed by atoms with Crippen LogP contribution in [0.1, 0.15) is 11.3 Å². The number of esters is 1. The third-order valence-electron chi connectivity index (χ3n) is 2.86. The number of phenols is 1. The molecule has 2 N–H and O–H groups in total. The van der Waals surface area contributed by atoms with Crippen LogP contribution in [0.25, 0.3) is 6.08 Å². The van der Waals surface area contributed by atoms with Crippen LogP contribution in [0, 0.1) is 6.92 Å². The smallest absolute Gasteiger partial charge is 0.331 e. The molecule has 1 amide bonds. The molecule has 1 aromatic heterocycles. The number of nitrogens with one attached hydrogen (secondary N) is 1. The van der Waals surface area contributed by atoms with Crippen molar-refractivity contribution in [1.29, 1.82) is 0 Å². The Kier molecular flexibility index (Phi) is 5.56. The SMILES string of the molecule is COc1cc(/C=C/C(=O)OCC(=O)Nc2cc(C)on2)ccc1O. The first kappa shape index (κ1) is 17.1. The number of methoxy groups -OCH3 is 1. The number of amides is 1. The molecule has 2 rings (SSSR count). The first-order chi connectivity index (χ1) is 11.5. The molecule has 0 bridgehead atoms. The highest BCUT2D eigenvalue weighted by atomic mass is 16.5. The normalized spacial score (nSPS) is 10.6. The first-order valence-electron chi connectivity index (χ1n) is 6.93. The summed E-state index contributed by atoms with van der Waals surface area (Å²) in [6.45, 7) is 1.24. The Morgan fingerprint density at radius 2 is 2.17 bits per heavy atom. The lowest BCUT2D eigenvalue weighted by Gasteiger charge is -2.04. The molecule has 0 aliphatic carbocycles. The van der Waals surface area contributed by atoms with E-state index in [0.29, 0.717) is 11.3 Å². The second kappa shape index (κ2) is 7.82. The fraction of sp³-hybridized carbons (Fsp3) is 0.188. The van der Waals surface area contributed by atoms with Gasteiger partial charge >= 0.3 is 5.97 Å². The lowest BCUT2D eigenvalue weighted by Crippen LogP contribution is -2.20.